The van der Waals surface area contributed by atoms with Gasteiger partial charge in [-0.3, -0.25) is 4.21 Å². The lowest BCUT2D eigenvalue weighted by Crippen LogP contribution is -2.11. The summed E-state index contributed by atoms with van der Waals surface area (Å²) in [6.07, 6.45) is 0. The Morgan fingerprint density at radius 1 is 1.30 bits per heavy atom. The van der Waals surface area contributed by atoms with Crippen LogP contribution in [-0.2, 0) is 10.8 Å². The molecule has 0 radical (unpaired) electrons. The van der Waals surface area contributed by atoms with Crippen LogP contribution in [0.1, 0.15) is 11.5 Å². The highest BCUT2D eigenvalue weighted by atomic mass is 79.9. The van der Waals surface area contributed by atoms with Gasteiger partial charge in [0.2, 0.25) is 0 Å². The average molecular weight is 352 g/mol. The van der Waals surface area contributed by atoms with Crippen molar-refractivity contribution in [2.24, 2.45) is 0 Å². The third-order valence-electron chi connectivity index (χ3n) is 3.35. The first-order chi connectivity index (χ1) is 9.65. The van der Waals surface area contributed by atoms with Gasteiger partial charge in [-0.1, -0.05) is 18.2 Å². The maximum Gasteiger partial charge on any atom is 0.122 e. The normalized spacial score (nSPS) is 18.4. The molecule has 2 aromatic carbocycles. The van der Waals surface area contributed by atoms with Crippen molar-refractivity contribution in [2.75, 3.05) is 18.1 Å². The predicted octanol–water partition coefficient (Wildman–Crippen LogP) is 3.32. The number of rotatable bonds is 3. The highest BCUT2D eigenvalue weighted by Crippen LogP contribution is 2.35. The summed E-state index contributed by atoms with van der Waals surface area (Å²) in [5, 5.41) is 0. The van der Waals surface area contributed by atoms with Gasteiger partial charge in [0.05, 0.1) is 22.3 Å². The molecule has 2 aromatic rings. The van der Waals surface area contributed by atoms with Crippen LogP contribution < -0.4 is 10.5 Å². The number of nitrogen functional groups attached to an aromatic ring is 1. The average Bonchev–Trinajstić information content (AvgIpc) is 2.82. The zero-order valence-electron chi connectivity index (χ0n) is 10.7. The van der Waals surface area contributed by atoms with Crippen molar-refractivity contribution in [2.45, 2.75) is 10.8 Å². The van der Waals surface area contributed by atoms with Gasteiger partial charge in [-0.2, -0.15) is 0 Å². The molecule has 0 spiro atoms. The summed E-state index contributed by atoms with van der Waals surface area (Å²) in [4.78, 5) is 0.781. The number of nitrogens with two attached hydrogens (primary N) is 1. The highest BCUT2D eigenvalue weighted by molar-refractivity contribution is 9.10. The second kappa shape index (κ2) is 5.58. The SMILES string of the molecule is Nc1ccc(S(=O)CC2COc3ccccc32)c(Br)c1. The second-order valence-corrected chi connectivity index (χ2v) is 7.07. The first-order valence-electron chi connectivity index (χ1n) is 6.30. The van der Waals surface area contributed by atoms with Crippen molar-refractivity contribution in [1.29, 1.82) is 0 Å². The molecule has 20 heavy (non-hydrogen) atoms. The van der Waals surface area contributed by atoms with E-state index in [0.717, 1.165) is 20.7 Å². The smallest absolute Gasteiger partial charge is 0.122 e. The van der Waals surface area contributed by atoms with E-state index in [9.17, 15) is 4.21 Å². The molecule has 1 aliphatic rings. The summed E-state index contributed by atoms with van der Waals surface area (Å²) in [7, 11) is -1.08. The minimum atomic E-state index is -1.08. The van der Waals surface area contributed by atoms with Gasteiger partial charge < -0.3 is 10.5 Å². The van der Waals surface area contributed by atoms with Crippen molar-refractivity contribution in [3.8, 4) is 5.75 Å². The van der Waals surface area contributed by atoms with E-state index < -0.39 is 10.8 Å². The summed E-state index contributed by atoms with van der Waals surface area (Å²) in [6, 6.07) is 13.3. The van der Waals surface area contributed by atoms with Crippen LogP contribution in [-0.4, -0.2) is 16.6 Å². The maximum absolute atomic E-state index is 12.5. The number of fused-ring (bicyclic) bond motifs is 1. The summed E-state index contributed by atoms with van der Waals surface area (Å²) in [5.41, 5.74) is 7.51. The largest absolute Gasteiger partial charge is 0.493 e. The first-order valence-corrected chi connectivity index (χ1v) is 8.41. The van der Waals surface area contributed by atoms with Crippen LogP contribution in [0.3, 0.4) is 0 Å². The molecule has 2 atom stereocenters. The van der Waals surface area contributed by atoms with Crippen molar-refractivity contribution >= 4 is 32.4 Å². The molecular weight excluding hydrogens is 338 g/mol. The molecule has 2 unspecified atom stereocenters. The van der Waals surface area contributed by atoms with E-state index in [1.165, 1.54) is 0 Å². The Hall–Kier alpha value is -1.33. The Bertz CT molecular complexity index is 675. The Kier molecular flexibility index (Phi) is 3.81. The Labute approximate surface area is 128 Å². The van der Waals surface area contributed by atoms with Gasteiger partial charge in [-0.15, -0.1) is 0 Å². The molecule has 0 amide bonds. The number of hydrogen-bond acceptors (Lipinski definition) is 3. The fraction of sp³-hybridized carbons (Fsp3) is 0.200. The topological polar surface area (TPSA) is 52.3 Å². The van der Waals surface area contributed by atoms with E-state index in [2.05, 4.69) is 15.9 Å². The van der Waals surface area contributed by atoms with Gasteiger partial charge in [0.25, 0.3) is 0 Å². The molecule has 1 heterocycles. The van der Waals surface area contributed by atoms with Crippen molar-refractivity contribution in [3.05, 3.63) is 52.5 Å². The van der Waals surface area contributed by atoms with Gasteiger partial charge in [-0.05, 0) is 40.2 Å². The highest BCUT2D eigenvalue weighted by Gasteiger charge is 2.26. The van der Waals surface area contributed by atoms with Crippen molar-refractivity contribution in [1.82, 2.24) is 0 Å². The van der Waals surface area contributed by atoms with Crippen LogP contribution in [0.2, 0.25) is 0 Å². The molecule has 0 bridgehead atoms. The summed E-state index contributed by atoms with van der Waals surface area (Å²) in [5.74, 6) is 1.64. The van der Waals surface area contributed by atoms with E-state index in [0.29, 0.717) is 18.0 Å². The van der Waals surface area contributed by atoms with Gasteiger partial charge in [0, 0.05) is 27.4 Å². The van der Waals surface area contributed by atoms with E-state index >= 15 is 0 Å². The quantitative estimate of drug-likeness (QED) is 0.863. The van der Waals surface area contributed by atoms with E-state index in [4.69, 9.17) is 10.5 Å². The van der Waals surface area contributed by atoms with E-state index in [1.807, 2.05) is 30.3 Å². The molecule has 5 heteroatoms. The minimum absolute atomic E-state index is 0.177. The van der Waals surface area contributed by atoms with E-state index in [1.54, 1.807) is 12.1 Å². The third-order valence-corrected chi connectivity index (χ3v) is 5.82. The number of para-hydroxylation sites is 1. The van der Waals surface area contributed by atoms with Crippen LogP contribution in [0.15, 0.2) is 51.8 Å². The van der Waals surface area contributed by atoms with Crippen molar-refractivity contribution < 1.29 is 8.95 Å². The zero-order chi connectivity index (χ0) is 14.1. The fourth-order valence-electron chi connectivity index (χ4n) is 2.34. The standard InChI is InChI=1S/C15H14BrNO2S/c16-13-7-11(17)5-6-15(13)20(18)9-10-8-19-14-4-2-1-3-12(10)14/h1-7,10H,8-9,17H2. The van der Waals surface area contributed by atoms with E-state index in [-0.39, 0.29) is 5.92 Å². The minimum Gasteiger partial charge on any atom is -0.493 e. The molecule has 104 valence electrons. The molecular formula is C15H14BrNO2S. The van der Waals surface area contributed by atoms with Gasteiger partial charge in [0.15, 0.2) is 0 Å². The van der Waals surface area contributed by atoms with Crippen LogP contribution in [0.25, 0.3) is 0 Å². The zero-order valence-corrected chi connectivity index (χ0v) is 13.1. The van der Waals surface area contributed by atoms with Crippen LogP contribution in [0.4, 0.5) is 5.69 Å². The molecule has 0 fully saturated rings. The lowest BCUT2D eigenvalue weighted by atomic mass is 10.0. The molecule has 2 N–H and O–H groups in total. The lowest BCUT2D eigenvalue weighted by molar-refractivity contribution is 0.338. The first kappa shape index (κ1) is 13.6. The maximum atomic E-state index is 12.5. The summed E-state index contributed by atoms with van der Waals surface area (Å²) >= 11 is 3.42. The number of halogens is 1. The predicted molar refractivity (Wildman–Crippen MR) is 84.5 cm³/mol. The monoisotopic (exact) mass is 351 g/mol. The third kappa shape index (κ3) is 2.60. The molecule has 3 rings (SSSR count). The molecule has 0 saturated heterocycles. The molecule has 1 aliphatic heterocycles. The molecule has 3 nitrogen and oxygen atoms in total. The Morgan fingerprint density at radius 3 is 2.90 bits per heavy atom. The van der Waals surface area contributed by atoms with Gasteiger partial charge in [0.1, 0.15) is 5.75 Å². The number of ether oxygens (including phenoxy) is 1. The Balaban J connectivity index is 1.81. The van der Waals surface area contributed by atoms with Crippen LogP contribution in [0.5, 0.6) is 5.75 Å². The molecule has 0 saturated carbocycles. The number of benzene rings is 2. The van der Waals surface area contributed by atoms with Crippen molar-refractivity contribution in [3.63, 3.8) is 0 Å². The van der Waals surface area contributed by atoms with Gasteiger partial charge >= 0.3 is 0 Å². The molecule has 0 aromatic heterocycles. The van der Waals surface area contributed by atoms with Gasteiger partial charge in [-0.25, -0.2) is 0 Å². The summed E-state index contributed by atoms with van der Waals surface area (Å²) in [6.45, 7) is 0.595. The second-order valence-electron chi connectivity index (χ2n) is 4.75. The Morgan fingerprint density at radius 2 is 2.10 bits per heavy atom. The summed E-state index contributed by atoms with van der Waals surface area (Å²) < 4.78 is 19.0. The molecule has 0 aliphatic carbocycles. The van der Waals surface area contributed by atoms with Crippen LogP contribution >= 0.6 is 15.9 Å². The lowest BCUT2D eigenvalue weighted by Gasteiger charge is -2.10. The van der Waals surface area contributed by atoms with Crippen LogP contribution in [0, 0.1) is 0 Å². The fourth-order valence-corrected chi connectivity index (χ4v) is 4.60. The number of anilines is 1. The number of hydrogen-bond donors (Lipinski definition) is 1.